The molecule has 1 N–H and O–H groups in total. The van der Waals surface area contributed by atoms with Crippen molar-refractivity contribution in [2.24, 2.45) is 0 Å². The van der Waals surface area contributed by atoms with Crippen LogP contribution in [0.5, 0.6) is 0 Å². The van der Waals surface area contributed by atoms with Gasteiger partial charge in [-0.2, -0.15) is 0 Å². The summed E-state index contributed by atoms with van der Waals surface area (Å²) in [6, 6.07) is 23.7. The molecule has 9 rings (SSSR count). The number of thiophene rings is 1. The van der Waals surface area contributed by atoms with E-state index in [-0.39, 0.29) is 27.6 Å². The van der Waals surface area contributed by atoms with Crippen molar-refractivity contribution in [2.45, 2.75) is 95.8 Å². The van der Waals surface area contributed by atoms with Gasteiger partial charge in [-0.1, -0.05) is 107 Å². The van der Waals surface area contributed by atoms with E-state index in [1.165, 1.54) is 79.3 Å². The van der Waals surface area contributed by atoms with Crippen LogP contribution in [-0.2, 0) is 26.5 Å². The van der Waals surface area contributed by atoms with Crippen molar-refractivity contribution in [3.63, 3.8) is 0 Å². The van der Waals surface area contributed by atoms with Gasteiger partial charge >= 0.3 is 0 Å². The Morgan fingerprint density at radius 3 is 1.75 bits per heavy atom. The van der Waals surface area contributed by atoms with Gasteiger partial charge in [0.2, 0.25) is 0 Å². The zero-order chi connectivity index (χ0) is 38.7. The largest absolute Gasteiger partial charge is 0.371 e. The highest BCUT2D eigenvalue weighted by Crippen LogP contribution is 2.55. The number of carbonyl (C=O) groups excluding carboxylic acids is 1. The number of halogens is 1. The Hall–Kier alpha value is -2.86. The minimum Gasteiger partial charge on any atom is -0.371 e. The number of alkyl halides is 1. The lowest BCUT2D eigenvalue weighted by atomic mass is 9.69. The van der Waals surface area contributed by atoms with Crippen LogP contribution in [0.1, 0.15) is 101 Å². The zero-order valence-electron chi connectivity index (χ0n) is 33.1. The maximum Gasteiger partial charge on any atom is 0.263 e. The van der Waals surface area contributed by atoms with E-state index in [0.29, 0.717) is 9.23 Å². The minimum absolute atomic E-state index is 0.0801. The van der Waals surface area contributed by atoms with E-state index < -0.39 is 0 Å². The number of nitrogens with zero attached hydrogens (tertiary/aromatic N) is 3. The molecule has 6 heterocycles. The second kappa shape index (κ2) is 13.3. The van der Waals surface area contributed by atoms with E-state index in [9.17, 15) is 4.79 Å². The number of thioether (sulfide) groups is 1. The molecule has 5 aliphatic rings. The number of hydrogen-bond donors (Lipinski definition) is 1. The molecule has 5 aliphatic heterocycles. The fraction of sp³-hybridized carbons (Fsp3) is 0.435. The third-order valence-electron chi connectivity index (χ3n) is 13.4. The minimum atomic E-state index is -0.114. The van der Waals surface area contributed by atoms with Gasteiger partial charge in [0.05, 0.1) is 4.91 Å². The summed E-state index contributed by atoms with van der Waals surface area (Å²) < 4.78 is 1.62. The SMILES string of the molecule is CC1(C)CCN2CCC(C)(C)c3cc(N(c4ccc(-c5ccc(/C=C6\SC(=S)NC6=O)s5)cc4)c4cc5c6c(c4)C(C)(CI)CCN6CCC5(C)C)cc1c32. The highest BCUT2D eigenvalue weighted by molar-refractivity contribution is 14.1. The molecule has 5 nitrogen and oxygen atoms in total. The Bertz CT molecular complexity index is 2250. The van der Waals surface area contributed by atoms with Gasteiger partial charge in [0.25, 0.3) is 5.91 Å². The van der Waals surface area contributed by atoms with Crippen LogP contribution >= 0.6 is 57.9 Å². The number of carbonyl (C=O) groups is 1. The molecule has 1 saturated heterocycles. The maximum atomic E-state index is 12.3. The second-order valence-corrected chi connectivity index (χ2v) is 22.1. The lowest BCUT2D eigenvalue weighted by Gasteiger charge is -2.50. The van der Waals surface area contributed by atoms with Crippen molar-refractivity contribution in [1.29, 1.82) is 0 Å². The van der Waals surface area contributed by atoms with Gasteiger partial charge in [0.1, 0.15) is 4.32 Å². The standard InChI is InChI=1S/C46H51IN4OS3/c1-43(2)14-18-49-19-15-44(3,4)34-23-30(22-33(43)39(34)49)51(31-24-35-40-36(25-31)46(7,27-47)17-21-50(40)20-16-45(35,5)6)29-10-8-28(9-11-29)37-13-12-32(54-37)26-38-41(52)48-42(53)55-38/h8-13,22-26H,14-21,27H2,1-7H3,(H,48,52,53)/b38-26-. The quantitative estimate of drug-likeness (QED) is 0.0900. The summed E-state index contributed by atoms with van der Waals surface area (Å²) in [5.74, 6) is -0.114. The normalized spacial score (nSPS) is 23.7. The summed E-state index contributed by atoms with van der Waals surface area (Å²) in [5.41, 5.74) is 14.2. The van der Waals surface area contributed by atoms with E-state index in [2.05, 4.69) is 152 Å². The number of rotatable bonds is 6. The fourth-order valence-corrected chi connectivity index (χ4v) is 12.4. The molecule has 55 heavy (non-hydrogen) atoms. The van der Waals surface area contributed by atoms with Crippen LogP contribution in [0.4, 0.5) is 28.4 Å². The van der Waals surface area contributed by atoms with E-state index >= 15 is 0 Å². The van der Waals surface area contributed by atoms with Crippen molar-refractivity contribution in [2.75, 3.05) is 45.3 Å². The van der Waals surface area contributed by atoms with Gasteiger partial charge in [0, 0.05) is 74.2 Å². The van der Waals surface area contributed by atoms with Crippen LogP contribution in [0.3, 0.4) is 0 Å². The average molecular weight is 899 g/mol. The van der Waals surface area contributed by atoms with Crippen molar-refractivity contribution in [3.8, 4) is 10.4 Å². The topological polar surface area (TPSA) is 38.8 Å². The van der Waals surface area contributed by atoms with E-state index in [1.807, 2.05) is 6.08 Å². The summed E-state index contributed by atoms with van der Waals surface area (Å²) in [5, 5.41) is 2.73. The summed E-state index contributed by atoms with van der Waals surface area (Å²) in [6.07, 6.45) is 6.61. The van der Waals surface area contributed by atoms with Gasteiger partial charge < -0.3 is 20.0 Å². The number of anilines is 5. The van der Waals surface area contributed by atoms with Crippen LogP contribution in [0.25, 0.3) is 16.5 Å². The molecule has 0 bridgehead atoms. The lowest BCUT2D eigenvalue weighted by molar-refractivity contribution is -0.115. The first-order chi connectivity index (χ1) is 26.1. The number of thiocarbonyl (C=S) groups is 1. The van der Waals surface area contributed by atoms with E-state index in [0.717, 1.165) is 54.7 Å². The van der Waals surface area contributed by atoms with E-state index in [1.54, 1.807) is 11.3 Å². The smallest absolute Gasteiger partial charge is 0.263 e. The zero-order valence-corrected chi connectivity index (χ0v) is 37.7. The Labute approximate surface area is 354 Å². The predicted molar refractivity (Wildman–Crippen MR) is 249 cm³/mol. The molecule has 3 aromatic carbocycles. The Balaban J connectivity index is 1.22. The molecule has 4 aromatic rings. The molecule has 0 saturated carbocycles. The van der Waals surface area contributed by atoms with Crippen molar-refractivity contribution in [1.82, 2.24) is 5.32 Å². The average Bonchev–Trinajstić information content (AvgIpc) is 3.75. The second-order valence-electron chi connectivity index (χ2n) is 18.5. The number of nitrogens with one attached hydrogen (secondary N) is 1. The van der Waals surface area contributed by atoms with Gasteiger partial charge in [-0.3, -0.25) is 4.79 Å². The molecule has 1 unspecified atom stereocenters. The highest BCUT2D eigenvalue weighted by atomic mass is 127. The molecule has 1 fully saturated rings. The molecule has 286 valence electrons. The van der Waals surface area contributed by atoms with Crippen LogP contribution in [-0.4, -0.2) is 40.8 Å². The maximum absolute atomic E-state index is 12.3. The Morgan fingerprint density at radius 2 is 1.24 bits per heavy atom. The molecular weight excluding hydrogens is 848 g/mol. The number of hydrogen-bond acceptors (Lipinski definition) is 7. The first kappa shape index (κ1) is 37.7. The van der Waals surface area contributed by atoms with Crippen molar-refractivity contribution in [3.05, 3.63) is 92.7 Å². The van der Waals surface area contributed by atoms with Crippen molar-refractivity contribution < 1.29 is 4.79 Å². The van der Waals surface area contributed by atoms with E-state index in [4.69, 9.17) is 12.2 Å². The van der Waals surface area contributed by atoms with Gasteiger partial charge in [0.15, 0.2) is 0 Å². The third kappa shape index (κ3) is 6.38. The van der Waals surface area contributed by atoms with Crippen molar-refractivity contribution >= 4 is 103 Å². The lowest BCUT2D eigenvalue weighted by Crippen LogP contribution is -2.46. The summed E-state index contributed by atoms with van der Waals surface area (Å²) in [6.45, 7) is 21.7. The molecule has 0 spiro atoms. The van der Waals surface area contributed by atoms with Gasteiger partial charge in [-0.25, -0.2) is 0 Å². The molecule has 1 amide bonds. The third-order valence-corrected chi connectivity index (χ3v) is 17.3. The summed E-state index contributed by atoms with van der Waals surface area (Å²) >= 11 is 10.9. The van der Waals surface area contributed by atoms with Gasteiger partial charge in [-0.05, 0) is 124 Å². The van der Waals surface area contributed by atoms with Crippen LogP contribution in [0.15, 0.2) is 65.6 Å². The van der Waals surface area contributed by atoms with Crippen LogP contribution in [0, 0.1) is 0 Å². The number of benzene rings is 3. The van der Waals surface area contributed by atoms with Crippen LogP contribution < -0.4 is 20.0 Å². The molecule has 9 heteroatoms. The highest BCUT2D eigenvalue weighted by Gasteiger charge is 2.44. The molecule has 0 aliphatic carbocycles. The summed E-state index contributed by atoms with van der Waals surface area (Å²) in [7, 11) is 0. The first-order valence-corrected chi connectivity index (χ1v) is 23.3. The molecule has 1 aromatic heterocycles. The molecule has 1 atom stereocenters. The fourth-order valence-electron chi connectivity index (χ4n) is 9.52. The van der Waals surface area contributed by atoms with Gasteiger partial charge in [-0.15, -0.1) is 11.3 Å². The Kier molecular flexibility index (Phi) is 9.15. The monoisotopic (exact) mass is 898 g/mol. The Morgan fingerprint density at radius 1 is 0.727 bits per heavy atom. The molecule has 0 radical (unpaired) electrons. The predicted octanol–water partition coefficient (Wildman–Crippen LogP) is 12.1. The molecular formula is C46H51IN4OS3. The number of amides is 1. The first-order valence-electron chi connectivity index (χ1n) is 19.8. The van der Waals surface area contributed by atoms with Crippen LogP contribution in [0.2, 0.25) is 0 Å². The summed E-state index contributed by atoms with van der Waals surface area (Å²) in [4.78, 5) is 23.2.